The number of carbonyl (C=O) groups excluding carboxylic acids is 1. The smallest absolute Gasteiger partial charge is 0.270 e. The second-order valence-electron chi connectivity index (χ2n) is 10.0. The van der Waals surface area contributed by atoms with Crippen LogP contribution in [-0.4, -0.2) is 16.4 Å². The molecular formula is C28H25ClN2O3S. The predicted octanol–water partition coefficient (Wildman–Crippen LogP) is 7.91. The number of fused-ring (bicyclic) bond motifs is 2. The Balaban J connectivity index is 1.69. The molecule has 5 nitrogen and oxygen atoms in total. The molecule has 1 aliphatic heterocycles. The summed E-state index contributed by atoms with van der Waals surface area (Å²) < 4.78 is 0.626. The van der Waals surface area contributed by atoms with Crippen LogP contribution in [0.3, 0.4) is 0 Å². The molecule has 1 aromatic heterocycles. The fraction of sp³-hybridized carbons (Fsp3) is 0.250. The van der Waals surface area contributed by atoms with E-state index >= 15 is 0 Å². The first-order chi connectivity index (χ1) is 16.5. The van der Waals surface area contributed by atoms with Crippen LogP contribution < -0.4 is 4.90 Å². The highest BCUT2D eigenvalue weighted by atomic mass is 35.5. The monoisotopic (exact) mass is 504 g/mol. The van der Waals surface area contributed by atoms with E-state index in [-0.39, 0.29) is 17.0 Å². The molecule has 1 amide bonds. The molecule has 0 N–H and O–H groups in total. The molecule has 0 fully saturated rings. The van der Waals surface area contributed by atoms with Gasteiger partial charge in [0.15, 0.2) is 0 Å². The number of halogens is 1. The van der Waals surface area contributed by atoms with E-state index in [1.54, 1.807) is 6.07 Å². The lowest BCUT2D eigenvalue weighted by atomic mass is 9.65. The molecule has 35 heavy (non-hydrogen) atoms. The minimum atomic E-state index is -0.520. The summed E-state index contributed by atoms with van der Waals surface area (Å²) in [5, 5.41) is 12.2. The van der Waals surface area contributed by atoms with Crippen molar-refractivity contribution in [2.24, 2.45) is 0 Å². The van der Waals surface area contributed by atoms with E-state index in [1.165, 1.54) is 29.0 Å². The summed E-state index contributed by atoms with van der Waals surface area (Å²) in [5.41, 5.74) is 3.41. The van der Waals surface area contributed by atoms with Gasteiger partial charge in [-0.1, -0.05) is 61.0 Å². The number of amides is 1. The molecular weight excluding hydrogens is 480 g/mol. The van der Waals surface area contributed by atoms with E-state index in [1.807, 2.05) is 17.9 Å². The lowest BCUT2D eigenvalue weighted by molar-refractivity contribution is -0.384. The number of thiophene rings is 1. The Kier molecular flexibility index (Phi) is 5.49. The fourth-order valence-electron chi connectivity index (χ4n) is 5.51. The van der Waals surface area contributed by atoms with Crippen LogP contribution in [0.1, 0.15) is 53.6 Å². The summed E-state index contributed by atoms with van der Waals surface area (Å²) in [6.45, 7) is 8.44. The van der Waals surface area contributed by atoms with Gasteiger partial charge >= 0.3 is 0 Å². The Morgan fingerprint density at radius 3 is 2.46 bits per heavy atom. The minimum absolute atomic E-state index is 0.0210. The van der Waals surface area contributed by atoms with Crippen LogP contribution in [0.5, 0.6) is 0 Å². The third-order valence-electron chi connectivity index (χ3n) is 7.01. The Labute approximate surface area is 213 Å². The van der Waals surface area contributed by atoms with Gasteiger partial charge in [-0.05, 0) is 56.0 Å². The molecule has 7 heteroatoms. The van der Waals surface area contributed by atoms with Crippen molar-refractivity contribution in [3.8, 4) is 0 Å². The number of rotatable bonds is 3. The predicted molar refractivity (Wildman–Crippen MR) is 143 cm³/mol. The first-order valence-electron chi connectivity index (χ1n) is 11.4. The van der Waals surface area contributed by atoms with Crippen LogP contribution >= 0.6 is 22.9 Å². The molecule has 0 saturated heterocycles. The van der Waals surface area contributed by atoms with Gasteiger partial charge in [-0.2, -0.15) is 0 Å². The first-order valence-corrected chi connectivity index (χ1v) is 12.6. The third-order valence-corrected chi connectivity index (χ3v) is 8.66. The van der Waals surface area contributed by atoms with Gasteiger partial charge in [-0.15, -0.1) is 11.3 Å². The third kappa shape index (κ3) is 3.72. The number of hydrogen-bond donors (Lipinski definition) is 0. The zero-order valence-corrected chi connectivity index (χ0v) is 21.5. The van der Waals surface area contributed by atoms with Crippen LogP contribution in [0.15, 0.2) is 66.7 Å². The Bertz CT molecular complexity index is 1500. The minimum Gasteiger partial charge on any atom is -0.302 e. The van der Waals surface area contributed by atoms with E-state index in [0.717, 1.165) is 23.2 Å². The fourth-order valence-corrected chi connectivity index (χ4v) is 6.99. The van der Waals surface area contributed by atoms with Crippen LogP contribution in [0, 0.1) is 17.0 Å². The Morgan fingerprint density at radius 1 is 1.06 bits per heavy atom. The lowest BCUT2D eigenvalue weighted by Crippen LogP contribution is -2.55. The maximum Gasteiger partial charge on any atom is 0.270 e. The average molecular weight is 505 g/mol. The van der Waals surface area contributed by atoms with Crippen molar-refractivity contribution in [3.63, 3.8) is 0 Å². The Hall–Kier alpha value is -3.22. The molecule has 0 bridgehead atoms. The average Bonchev–Trinajstić information content (AvgIpc) is 3.14. The number of carbonyl (C=O) groups is 1. The molecule has 0 aliphatic carbocycles. The second-order valence-corrected chi connectivity index (χ2v) is 11.5. The van der Waals surface area contributed by atoms with Crippen LogP contribution in [0.4, 0.5) is 11.4 Å². The quantitative estimate of drug-likeness (QED) is 0.210. The van der Waals surface area contributed by atoms with Gasteiger partial charge < -0.3 is 4.90 Å². The van der Waals surface area contributed by atoms with E-state index in [2.05, 4.69) is 63.2 Å². The van der Waals surface area contributed by atoms with Crippen molar-refractivity contribution in [2.45, 2.75) is 45.1 Å². The summed E-state index contributed by atoms with van der Waals surface area (Å²) in [5.74, 6) is -0.189. The van der Waals surface area contributed by atoms with E-state index in [4.69, 9.17) is 11.6 Å². The number of anilines is 1. The molecule has 5 rings (SSSR count). The largest absolute Gasteiger partial charge is 0.302 e. The Morgan fingerprint density at radius 2 is 1.77 bits per heavy atom. The molecule has 2 heterocycles. The molecule has 0 radical (unpaired) electrons. The highest BCUT2D eigenvalue weighted by molar-refractivity contribution is 7.21. The van der Waals surface area contributed by atoms with Gasteiger partial charge in [-0.3, -0.25) is 14.9 Å². The standard InChI is InChI=1S/C28H25ClN2O3S/c1-17-10-13-21-22(14-17)30(27(2,3)16-28(21,4)18-8-6-5-7-9-18)26(32)25-24(29)20-12-11-19(31(33)34)15-23(20)35-25/h5-15H,16H2,1-4H3/t28-/m0/s1. The molecule has 3 aromatic carbocycles. The summed E-state index contributed by atoms with van der Waals surface area (Å²) in [6, 6.07) is 21.2. The second kappa shape index (κ2) is 8.18. The van der Waals surface area contributed by atoms with Crippen LogP contribution in [0.2, 0.25) is 5.02 Å². The number of non-ortho nitro benzene ring substituents is 1. The molecule has 0 spiro atoms. The molecule has 4 aromatic rings. The van der Waals surface area contributed by atoms with E-state index in [0.29, 0.717) is 20.0 Å². The molecule has 0 unspecified atom stereocenters. The van der Waals surface area contributed by atoms with E-state index in [9.17, 15) is 14.9 Å². The van der Waals surface area contributed by atoms with Crippen molar-refractivity contribution in [3.05, 3.63) is 103 Å². The van der Waals surface area contributed by atoms with Crippen molar-refractivity contribution in [1.82, 2.24) is 0 Å². The summed E-state index contributed by atoms with van der Waals surface area (Å²) >= 11 is 7.91. The number of nitro groups is 1. The van der Waals surface area contributed by atoms with Crippen molar-refractivity contribution >= 4 is 50.3 Å². The number of nitro benzene ring substituents is 1. The van der Waals surface area contributed by atoms with Crippen molar-refractivity contribution in [1.29, 1.82) is 0 Å². The van der Waals surface area contributed by atoms with Gasteiger partial charge in [0.2, 0.25) is 0 Å². The summed E-state index contributed by atoms with van der Waals surface area (Å²) in [6.07, 6.45) is 0.722. The first kappa shape index (κ1) is 23.5. The highest BCUT2D eigenvalue weighted by Gasteiger charge is 2.48. The van der Waals surface area contributed by atoms with Crippen molar-refractivity contribution < 1.29 is 9.72 Å². The zero-order chi connectivity index (χ0) is 25.1. The van der Waals surface area contributed by atoms with Crippen LogP contribution in [-0.2, 0) is 5.41 Å². The summed E-state index contributed by atoms with van der Waals surface area (Å²) in [4.78, 5) is 27.2. The lowest BCUT2D eigenvalue weighted by Gasteiger charge is -2.51. The van der Waals surface area contributed by atoms with Gasteiger partial charge in [0.05, 0.1) is 9.95 Å². The number of hydrogen-bond acceptors (Lipinski definition) is 4. The maximum atomic E-state index is 14.2. The molecule has 0 saturated carbocycles. The van der Waals surface area contributed by atoms with Gasteiger partial charge in [0.1, 0.15) is 4.88 Å². The van der Waals surface area contributed by atoms with Gasteiger partial charge in [0.25, 0.3) is 11.6 Å². The maximum absolute atomic E-state index is 14.2. The van der Waals surface area contributed by atoms with Crippen LogP contribution in [0.25, 0.3) is 10.1 Å². The summed E-state index contributed by atoms with van der Waals surface area (Å²) in [7, 11) is 0. The molecule has 1 atom stereocenters. The highest BCUT2D eigenvalue weighted by Crippen LogP contribution is 2.52. The van der Waals surface area contributed by atoms with Crippen molar-refractivity contribution in [2.75, 3.05) is 4.90 Å². The molecule has 178 valence electrons. The van der Waals surface area contributed by atoms with E-state index < -0.39 is 10.5 Å². The zero-order valence-electron chi connectivity index (χ0n) is 20.0. The van der Waals surface area contributed by atoms with Gasteiger partial charge in [0, 0.05) is 38.9 Å². The number of benzene rings is 3. The van der Waals surface area contributed by atoms with Gasteiger partial charge in [-0.25, -0.2) is 0 Å². The SMILES string of the molecule is Cc1ccc2c(c1)N(C(=O)c1sc3cc([N+](=O)[O-])ccc3c1Cl)C(C)(C)C[C@@]2(C)c1ccccc1. The molecule has 1 aliphatic rings. The number of aryl methyl sites for hydroxylation is 1. The topological polar surface area (TPSA) is 63.5 Å². The normalized spacial score (nSPS) is 18.9. The number of nitrogens with zero attached hydrogens (tertiary/aromatic N) is 2.